The van der Waals surface area contributed by atoms with Gasteiger partial charge in [-0.15, -0.1) is 0 Å². The van der Waals surface area contributed by atoms with Crippen LogP contribution < -0.4 is 5.32 Å². The minimum absolute atomic E-state index is 0.132. The molecule has 0 aliphatic rings. The van der Waals surface area contributed by atoms with E-state index >= 15 is 0 Å². The highest BCUT2D eigenvalue weighted by atomic mass is 16.3. The number of quaternary nitrogens is 1. The molecule has 0 rings (SSSR count). The minimum atomic E-state index is -0.569. The van der Waals surface area contributed by atoms with Gasteiger partial charge in [-0.25, -0.2) is 0 Å². The maximum Gasteiger partial charge on any atom is 0.126 e. The average molecular weight is 230 g/mol. The molecule has 0 aliphatic carbocycles. The van der Waals surface area contributed by atoms with Gasteiger partial charge in [0.25, 0.3) is 0 Å². The maximum absolute atomic E-state index is 9.14. The summed E-state index contributed by atoms with van der Waals surface area (Å²) in [5, 5.41) is 19.9. The molecule has 0 aromatic heterocycles. The molecular formula is C13H28NO2+. The normalized spacial score (nSPS) is 14.6. The van der Waals surface area contributed by atoms with E-state index in [0.717, 1.165) is 12.5 Å². The quantitative estimate of drug-likeness (QED) is 0.403. The van der Waals surface area contributed by atoms with Crippen LogP contribution in [0.25, 0.3) is 0 Å². The van der Waals surface area contributed by atoms with Crippen LogP contribution in [-0.4, -0.2) is 36.0 Å². The van der Waals surface area contributed by atoms with Gasteiger partial charge in [0.2, 0.25) is 0 Å². The highest BCUT2D eigenvalue weighted by Gasteiger charge is 2.05. The van der Waals surface area contributed by atoms with E-state index in [2.05, 4.69) is 32.2 Å². The van der Waals surface area contributed by atoms with Crippen LogP contribution in [0.4, 0.5) is 0 Å². The summed E-state index contributed by atoms with van der Waals surface area (Å²) in [5.74, 6) is 0.734. The molecule has 0 bridgehead atoms. The van der Waals surface area contributed by atoms with E-state index in [0.29, 0.717) is 6.54 Å². The van der Waals surface area contributed by atoms with Crippen LogP contribution in [-0.2, 0) is 0 Å². The topological polar surface area (TPSA) is 57.1 Å². The van der Waals surface area contributed by atoms with E-state index in [1.807, 2.05) is 0 Å². The largest absolute Gasteiger partial charge is 0.393 e. The smallest absolute Gasteiger partial charge is 0.126 e. The van der Waals surface area contributed by atoms with Crippen LogP contribution >= 0.6 is 0 Å². The summed E-state index contributed by atoms with van der Waals surface area (Å²) in [6.45, 7) is 8.05. The lowest BCUT2D eigenvalue weighted by Crippen LogP contribution is -2.86. The van der Waals surface area contributed by atoms with Crippen molar-refractivity contribution in [2.75, 3.05) is 19.7 Å². The predicted octanol–water partition coefficient (Wildman–Crippen LogP) is 0.676. The molecule has 0 amide bonds. The third-order valence-electron chi connectivity index (χ3n) is 2.73. The summed E-state index contributed by atoms with van der Waals surface area (Å²) < 4.78 is 0. The molecule has 0 heterocycles. The molecule has 0 aromatic rings. The summed E-state index contributed by atoms with van der Waals surface area (Å²) >= 11 is 0. The summed E-state index contributed by atoms with van der Waals surface area (Å²) in [5.41, 5.74) is 1.39. The fourth-order valence-corrected chi connectivity index (χ4v) is 1.59. The van der Waals surface area contributed by atoms with Crippen molar-refractivity contribution in [3.8, 4) is 0 Å². The molecule has 0 radical (unpaired) electrons. The van der Waals surface area contributed by atoms with Crippen LogP contribution in [0.5, 0.6) is 0 Å². The van der Waals surface area contributed by atoms with E-state index in [4.69, 9.17) is 10.2 Å². The van der Waals surface area contributed by atoms with Gasteiger partial charge in [-0.05, 0) is 39.0 Å². The van der Waals surface area contributed by atoms with Gasteiger partial charge in [-0.1, -0.05) is 18.6 Å². The van der Waals surface area contributed by atoms with E-state index < -0.39 is 6.10 Å². The zero-order chi connectivity index (χ0) is 12.4. The van der Waals surface area contributed by atoms with Gasteiger partial charge in [0, 0.05) is 0 Å². The van der Waals surface area contributed by atoms with Crippen molar-refractivity contribution in [3.63, 3.8) is 0 Å². The van der Waals surface area contributed by atoms with Crippen molar-refractivity contribution < 1.29 is 15.5 Å². The molecule has 0 saturated heterocycles. The second-order valence-corrected chi connectivity index (χ2v) is 4.90. The third-order valence-corrected chi connectivity index (χ3v) is 2.73. The molecule has 0 unspecified atom stereocenters. The Morgan fingerprint density at radius 3 is 2.56 bits per heavy atom. The maximum atomic E-state index is 9.14. The molecule has 0 aliphatic heterocycles. The third kappa shape index (κ3) is 10.1. The van der Waals surface area contributed by atoms with Crippen LogP contribution in [0.15, 0.2) is 11.6 Å². The molecule has 0 aromatic carbocycles. The number of hydrogen-bond donors (Lipinski definition) is 3. The molecule has 3 heteroatoms. The molecule has 3 nitrogen and oxygen atoms in total. The van der Waals surface area contributed by atoms with Crippen LogP contribution in [0.1, 0.15) is 40.0 Å². The first-order valence-corrected chi connectivity index (χ1v) is 6.30. The highest BCUT2D eigenvalue weighted by Crippen LogP contribution is 2.10. The standard InChI is InChI=1S/C13H27NO2/c1-11(2)5-4-6-12(3)7-8-14-9-13(16)10-15/h5,12-16H,4,6-10H2,1-3H3/p+1/t12-,13-/m1/s1. The number of aliphatic hydroxyl groups is 2. The zero-order valence-electron chi connectivity index (χ0n) is 10.9. The molecule has 0 saturated carbocycles. The molecule has 0 fully saturated rings. The Balaban J connectivity index is 3.37. The van der Waals surface area contributed by atoms with Gasteiger partial charge >= 0.3 is 0 Å². The van der Waals surface area contributed by atoms with Gasteiger partial charge in [-0.3, -0.25) is 0 Å². The van der Waals surface area contributed by atoms with Crippen LogP contribution in [0, 0.1) is 5.92 Å². The first-order valence-electron chi connectivity index (χ1n) is 6.30. The monoisotopic (exact) mass is 230 g/mol. The lowest BCUT2D eigenvalue weighted by Gasteiger charge is -2.10. The number of allylic oxidation sites excluding steroid dienone is 2. The Labute approximate surface area is 99.6 Å². The molecule has 4 N–H and O–H groups in total. The van der Waals surface area contributed by atoms with Crippen molar-refractivity contribution >= 4 is 0 Å². The first kappa shape index (κ1) is 15.6. The van der Waals surface area contributed by atoms with Gasteiger partial charge in [0.05, 0.1) is 13.2 Å². The number of aliphatic hydroxyl groups excluding tert-OH is 2. The highest BCUT2D eigenvalue weighted by molar-refractivity contribution is 4.92. The van der Waals surface area contributed by atoms with Crippen molar-refractivity contribution in [1.82, 2.24) is 0 Å². The van der Waals surface area contributed by atoms with Crippen molar-refractivity contribution in [2.45, 2.75) is 46.1 Å². The van der Waals surface area contributed by atoms with E-state index in [1.54, 1.807) is 0 Å². The summed E-state index contributed by atoms with van der Waals surface area (Å²) in [6.07, 6.45) is 5.30. The second-order valence-electron chi connectivity index (χ2n) is 4.90. The molecule has 16 heavy (non-hydrogen) atoms. The Kier molecular flexibility index (Phi) is 9.59. The average Bonchev–Trinajstić information content (AvgIpc) is 2.23. The molecule has 0 spiro atoms. The molecule has 2 atom stereocenters. The Bertz CT molecular complexity index is 188. The second kappa shape index (κ2) is 9.82. The Hall–Kier alpha value is -0.380. The first-order chi connectivity index (χ1) is 7.56. The van der Waals surface area contributed by atoms with E-state index in [-0.39, 0.29) is 6.61 Å². The van der Waals surface area contributed by atoms with Crippen LogP contribution in [0.3, 0.4) is 0 Å². The zero-order valence-corrected chi connectivity index (χ0v) is 10.9. The van der Waals surface area contributed by atoms with Crippen LogP contribution in [0.2, 0.25) is 0 Å². The summed E-state index contributed by atoms with van der Waals surface area (Å²) in [4.78, 5) is 0. The summed E-state index contributed by atoms with van der Waals surface area (Å²) in [7, 11) is 0. The van der Waals surface area contributed by atoms with E-state index in [9.17, 15) is 0 Å². The SMILES string of the molecule is CC(C)=CCC[C@@H](C)CC[NH2+]C[C@@H](O)CO. The number of nitrogens with two attached hydrogens (primary N) is 1. The lowest BCUT2D eigenvalue weighted by molar-refractivity contribution is -0.662. The van der Waals surface area contributed by atoms with Gasteiger partial charge in [0.15, 0.2) is 0 Å². The fourth-order valence-electron chi connectivity index (χ4n) is 1.59. The van der Waals surface area contributed by atoms with Crippen molar-refractivity contribution in [2.24, 2.45) is 5.92 Å². The summed E-state index contributed by atoms with van der Waals surface area (Å²) in [6, 6.07) is 0. The van der Waals surface area contributed by atoms with Gasteiger partial charge in [0.1, 0.15) is 12.6 Å². The van der Waals surface area contributed by atoms with Gasteiger partial charge < -0.3 is 15.5 Å². The predicted molar refractivity (Wildman–Crippen MR) is 67.2 cm³/mol. The number of rotatable bonds is 9. The molecule has 96 valence electrons. The van der Waals surface area contributed by atoms with E-state index in [1.165, 1.54) is 24.8 Å². The lowest BCUT2D eigenvalue weighted by atomic mass is 10.0. The minimum Gasteiger partial charge on any atom is -0.393 e. The Morgan fingerprint density at radius 1 is 1.31 bits per heavy atom. The van der Waals surface area contributed by atoms with Gasteiger partial charge in [-0.2, -0.15) is 0 Å². The van der Waals surface area contributed by atoms with Crippen molar-refractivity contribution in [3.05, 3.63) is 11.6 Å². The Morgan fingerprint density at radius 2 is 2.00 bits per heavy atom. The fraction of sp³-hybridized carbons (Fsp3) is 0.846. The number of hydrogen-bond acceptors (Lipinski definition) is 2. The molecular weight excluding hydrogens is 202 g/mol. The van der Waals surface area contributed by atoms with Crippen molar-refractivity contribution in [1.29, 1.82) is 0 Å².